The molecule has 0 saturated heterocycles. The van der Waals surface area contributed by atoms with Crippen LogP contribution in [0.25, 0.3) is 10.8 Å². The molecule has 27 heavy (non-hydrogen) atoms. The monoisotopic (exact) mass is 357 g/mol. The fourth-order valence-electron chi connectivity index (χ4n) is 4.20. The van der Waals surface area contributed by atoms with E-state index in [1.54, 1.807) is 0 Å². The van der Waals surface area contributed by atoms with E-state index in [4.69, 9.17) is 14.7 Å². The number of rotatable bonds is 3. The molecule has 4 heteroatoms. The Morgan fingerprint density at radius 2 is 1.78 bits per heavy atom. The molecule has 0 aromatic heterocycles. The highest BCUT2D eigenvalue weighted by atomic mass is 16.5. The van der Waals surface area contributed by atoms with Gasteiger partial charge < -0.3 is 9.64 Å². The molecule has 0 bridgehead atoms. The van der Waals surface area contributed by atoms with E-state index >= 15 is 0 Å². The Morgan fingerprint density at radius 1 is 1.00 bits per heavy atom. The van der Waals surface area contributed by atoms with Crippen LogP contribution in [0.4, 0.5) is 11.4 Å². The Morgan fingerprint density at radius 3 is 2.56 bits per heavy atom. The molecular weight excluding hydrogens is 334 g/mol. The second-order valence-electron chi connectivity index (χ2n) is 7.07. The molecule has 2 aliphatic heterocycles. The number of nitrogens with zero attached hydrogens (tertiary/aromatic N) is 3. The van der Waals surface area contributed by atoms with Crippen LogP contribution < -0.4 is 20.4 Å². The minimum absolute atomic E-state index is 0.843. The molecular formula is C23H23N3O. The Labute approximate surface area is 158 Å². The third kappa shape index (κ3) is 2.51. The summed E-state index contributed by atoms with van der Waals surface area (Å²) in [7, 11) is 0. The van der Waals surface area contributed by atoms with E-state index in [0.29, 0.717) is 0 Å². The lowest BCUT2D eigenvalue weighted by atomic mass is 9.98. The second kappa shape index (κ2) is 6.38. The smallest absolute Gasteiger partial charge is 0.159 e. The molecule has 2 aliphatic rings. The van der Waals surface area contributed by atoms with Crippen LogP contribution in [-0.2, 0) is 6.42 Å². The van der Waals surface area contributed by atoms with E-state index in [-0.39, 0.29) is 0 Å². The quantitative estimate of drug-likeness (QED) is 0.548. The van der Waals surface area contributed by atoms with E-state index in [1.165, 1.54) is 16.6 Å². The van der Waals surface area contributed by atoms with Gasteiger partial charge in [0.05, 0.1) is 5.36 Å². The van der Waals surface area contributed by atoms with Crippen LogP contribution in [0.2, 0.25) is 0 Å². The Balaban J connectivity index is 1.79. The number of hydrogen-bond acceptors (Lipinski definition) is 4. The first kappa shape index (κ1) is 16.3. The molecule has 0 aliphatic carbocycles. The van der Waals surface area contributed by atoms with Crippen molar-refractivity contribution in [1.29, 1.82) is 0 Å². The van der Waals surface area contributed by atoms with Gasteiger partial charge in [-0.05, 0) is 38.8 Å². The molecule has 136 valence electrons. The van der Waals surface area contributed by atoms with Crippen LogP contribution in [0.3, 0.4) is 0 Å². The molecule has 5 rings (SSSR count). The van der Waals surface area contributed by atoms with Gasteiger partial charge in [0.1, 0.15) is 11.0 Å². The predicted octanol–water partition coefficient (Wildman–Crippen LogP) is 4.31. The average Bonchev–Trinajstić information content (AvgIpc) is 2.73. The van der Waals surface area contributed by atoms with Crippen molar-refractivity contribution in [3.8, 4) is 11.5 Å². The largest absolute Gasteiger partial charge is 0.452 e. The average molecular weight is 357 g/mol. The molecule has 0 fully saturated rings. The van der Waals surface area contributed by atoms with Crippen LogP contribution in [0.5, 0.6) is 11.5 Å². The minimum atomic E-state index is 0.843. The third-order valence-electron chi connectivity index (χ3n) is 5.58. The topological polar surface area (TPSA) is 37.2 Å². The fourth-order valence-corrected chi connectivity index (χ4v) is 4.20. The summed E-state index contributed by atoms with van der Waals surface area (Å²) in [6.07, 6.45) is 2.06. The zero-order chi connectivity index (χ0) is 18.4. The van der Waals surface area contributed by atoms with E-state index in [9.17, 15) is 0 Å². The first-order chi connectivity index (χ1) is 13.3. The van der Waals surface area contributed by atoms with Gasteiger partial charge in [-0.3, -0.25) is 4.99 Å². The molecule has 2 heterocycles. The first-order valence-corrected chi connectivity index (χ1v) is 9.83. The summed E-state index contributed by atoms with van der Waals surface area (Å²) in [5, 5.41) is 4.34. The maximum Gasteiger partial charge on any atom is 0.159 e. The van der Waals surface area contributed by atoms with Crippen LogP contribution in [0.15, 0.2) is 52.4 Å². The lowest BCUT2D eigenvalue weighted by Gasteiger charge is -2.24. The zero-order valence-corrected chi connectivity index (χ0v) is 15.8. The second-order valence-corrected chi connectivity index (χ2v) is 7.07. The third-order valence-corrected chi connectivity index (χ3v) is 5.58. The van der Waals surface area contributed by atoms with E-state index < -0.39 is 0 Å². The lowest BCUT2D eigenvalue weighted by molar-refractivity contribution is 0.461. The molecule has 0 saturated carbocycles. The van der Waals surface area contributed by atoms with Crippen LogP contribution >= 0.6 is 0 Å². The maximum atomic E-state index is 6.48. The summed E-state index contributed by atoms with van der Waals surface area (Å²) in [6.45, 7) is 7.18. The Bertz CT molecular complexity index is 1160. The van der Waals surface area contributed by atoms with Crippen LogP contribution in [0.1, 0.15) is 25.8 Å². The van der Waals surface area contributed by atoms with Crippen molar-refractivity contribution in [3.05, 3.63) is 58.7 Å². The molecule has 0 unspecified atom stereocenters. The van der Waals surface area contributed by atoms with Crippen molar-refractivity contribution in [3.63, 3.8) is 0 Å². The summed E-state index contributed by atoms with van der Waals surface area (Å²) in [4.78, 5) is 12.2. The normalized spacial score (nSPS) is 14.3. The summed E-state index contributed by atoms with van der Waals surface area (Å²) < 4.78 is 6.48. The highest BCUT2D eigenvalue weighted by Gasteiger charge is 2.22. The predicted molar refractivity (Wildman–Crippen MR) is 109 cm³/mol. The van der Waals surface area contributed by atoms with Crippen molar-refractivity contribution in [2.45, 2.75) is 26.7 Å². The summed E-state index contributed by atoms with van der Waals surface area (Å²) in [5.41, 5.74) is 3.28. The van der Waals surface area contributed by atoms with Gasteiger partial charge in [0.2, 0.25) is 0 Å². The molecule has 0 atom stereocenters. The SMILES string of the molecule is CCN(CC)c1ccc2c(c1)Oc1c3c(c4ccccc4c1=N2)=NCCC3. The highest BCUT2D eigenvalue weighted by Crippen LogP contribution is 2.39. The number of anilines is 1. The molecule has 3 aromatic carbocycles. The fraction of sp³-hybridized carbons (Fsp3) is 0.304. The number of hydrogen-bond donors (Lipinski definition) is 0. The van der Waals surface area contributed by atoms with Gasteiger partial charge in [-0.15, -0.1) is 0 Å². The molecule has 0 spiro atoms. The Hall–Kier alpha value is -2.88. The van der Waals surface area contributed by atoms with Gasteiger partial charge in [-0.25, -0.2) is 4.99 Å². The van der Waals surface area contributed by atoms with Crippen molar-refractivity contribution >= 4 is 22.1 Å². The van der Waals surface area contributed by atoms with E-state index in [2.05, 4.69) is 61.2 Å². The molecule has 0 amide bonds. The molecule has 4 nitrogen and oxygen atoms in total. The van der Waals surface area contributed by atoms with Crippen LogP contribution in [-0.4, -0.2) is 19.6 Å². The van der Waals surface area contributed by atoms with Gasteiger partial charge in [-0.2, -0.15) is 0 Å². The number of ether oxygens (including phenoxy) is 1. The highest BCUT2D eigenvalue weighted by molar-refractivity contribution is 5.85. The standard InChI is InChI=1S/C23H23N3O/c1-3-26(4-2)15-11-12-19-20(14-15)27-23-18-10-7-13-24-21(18)16-8-5-6-9-17(16)22(23)25-19/h5-6,8-9,11-12,14H,3-4,7,10,13H2,1-2H3. The number of fused-ring (bicyclic) bond motifs is 7. The van der Waals surface area contributed by atoms with Crippen molar-refractivity contribution in [2.75, 3.05) is 24.5 Å². The lowest BCUT2D eigenvalue weighted by Crippen LogP contribution is -2.26. The number of benzene rings is 3. The van der Waals surface area contributed by atoms with Gasteiger partial charge in [0.15, 0.2) is 11.5 Å². The maximum absolute atomic E-state index is 6.48. The summed E-state index contributed by atoms with van der Waals surface area (Å²) in [6, 6.07) is 14.7. The van der Waals surface area contributed by atoms with Crippen molar-refractivity contribution in [1.82, 2.24) is 0 Å². The molecule has 0 radical (unpaired) electrons. The zero-order valence-electron chi connectivity index (χ0n) is 15.8. The van der Waals surface area contributed by atoms with Crippen molar-refractivity contribution in [2.24, 2.45) is 9.98 Å². The first-order valence-electron chi connectivity index (χ1n) is 9.83. The van der Waals surface area contributed by atoms with Crippen LogP contribution in [0, 0.1) is 0 Å². The van der Waals surface area contributed by atoms with E-state index in [1.807, 2.05) is 0 Å². The summed E-state index contributed by atoms with van der Waals surface area (Å²) in [5.74, 6) is 1.74. The summed E-state index contributed by atoms with van der Waals surface area (Å²) >= 11 is 0. The minimum Gasteiger partial charge on any atom is -0.452 e. The van der Waals surface area contributed by atoms with Gasteiger partial charge >= 0.3 is 0 Å². The molecule has 3 aromatic rings. The Kier molecular flexibility index (Phi) is 3.85. The van der Waals surface area contributed by atoms with Gasteiger partial charge in [-0.1, -0.05) is 24.3 Å². The van der Waals surface area contributed by atoms with Gasteiger partial charge in [0.25, 0.3) is 0 Å². The van der Waals surface area contributed by atoms with Crippen molar-refractivity contribution < 1.29 is 4.74 Å². The van der Waals surface area contributed by atoms with Gasteiger partial charge in [0, 0.05) is 47.7 Å². The van der Waals surface area contributed by atoms with E-state index in [0.717, 1.165) is 65.8 Å². The molecule has 0 N–H and O–H groups in total.